The van der Waals surface area contributed by atoms with Gasteiger partial charge in [-0.05, 0) is 36.8 Å². The average molecular weight is 262 g/mol. The summed E-state index contributed by atoms with van der Waals surface area (Å²) in [5, 5.41) is 2.89. The fourth-order valence-electron chi connectivity index (χ4n) is 1.59. The molecule has 1 heterocycles. The molecule has 0 saturated heterocycles. The Hall–Kier alpha value is -1.52. The first-order chi connectivity index (χ1) is 8.72. The first kappa shape index (κ1) is 12.9. The summed E-state index contributed by atoms with van der Waals surface area (Å²) in [5.41, 5.74) is 8.66. The van der Waals surface area contributed by atoms with Gasteiger partial charge in [0.15, 0.2) is 0 Å². The predicted octanol–water partition coefficient (Wildman–Crippen LogP) is 3.70. The molecule has 1 aromatic heterocycles. The van der Waals surface area contributed by atoms with Crippen molar-refractivity contribution in [2.45, 2.75) is 13.3 Å². The summed E-state index contributed by atoms with van der Waals surface area (Å²) in [6.45, 7) is 2.63. The van der Waals surface area contributed by atoms with Crippen LogP contribution in [0.2, 0.25) is 0 Å². The highest BCUT2D eigenvalue weighted by molar-refractivity contribution is 7.13. The minimum Gasteiger partial charge on any atom is -0.327 e. The van der Waals surface area contributed by atoms with E-state index in [1.165, 1.54) is 17.7 Å². The highest BCUT2D eigenvalue weighted by Crippen LogP contribution is 2.24. The Morgan fingerprint density at radius 1 is 1.39 bits per heavy atom. The van der Waals surface area contributed by atoms with Crippen molar-refractivity contribution in [1.82, 2.24) is 4.98 Å². The molecule has 1 aromatic carbocycles. The van der Waals surface area contributed by atoms with Gasteiger partial charge in [0.25, 0.3) is 0 Å². The molecule has 0 fully saturated rings. The Morgan fingerprint density at radius 3 is 2.72 bits per heavy atom. The van der Waals surface area contributed by atoms with Crippen LogP contribution in [0, 0.1) is 5.82 Å². The third-order valence-corrected chi connectivity index (χ3v) is 3.59. The number of nitrogens with zero attached hydrogens (tertiary/aromatic N) is 1. The van der Waals surface area contributed by atoms with Crippen LogP contribution >= 0.6 is 11.3 Å². The van der Waals surface area contributed by atoms with E-state index in [0.717, 1.165) is 22.7 Å². The zero-order chi connectivity index (χ0) is 13.0. The van der Waals surface area contributed by atoms with Crippen molar-refractivity contribution in [1.29, 1.82) is 0 Å². The van der Waals surface area contributed by atoms with Gasteiger partial charge in [-0.25, -0.2) is 9.37 Å². The number of nitrogens with two attached hydrogens (primary N) is 1. The molecule has 0 aliphatic heterocycles. The summed E-state index contributed by atoms with van der Waals surface area (Å²) < 4.78 is 12.8. The van der Waals surface area contributed by atoms with E-state index in [9.17, 15) is 4.39 Å². The second-order valence-corrected chi connectivity index (χ2v) is 4.80. The highest BCUT2D eigenvalue weighted by atomic mass is 32.1. The molecule has 2 N–H and O–H groups in total. The van der Waals surface area contributed by atoms with Gasteiger partial charge < -0.3 is 5.73 Å². The van der Waals surface area contributed by atoms with Crippen molar-refractivity contribution >= 4 is 17.4 Å². The third-order valence-electron chi connectivity index (χ3n) is 2.68. The topological polar surface area (TPSA) is 38.9 Å². The van der Waals surface area contributed by atoms with Crippen molar-refractivity contribution in [3.8, 4) is 10.6 Å². The maximum Gasteiger partial charge on any atom is 0.124 e. The Labute approximate surface area is 110 Å². The third kappa shape index (κ3) is 3.03. The van der Waals surface area contributed by atoms with Crippen LogP contribution < -0.4 is 5.73 Å². The minimum atomic E-state index is -0.230. The normalized spacial score (nSPS) is 11.8. The molecule has 0 radical (unpaired) electrons. The zero-order valence-electron chi connectivity index (χ0n) is 10.2. The van der Waals surface area contributed by atoms with Crippen LogP contribution in [0.1, 0.15) is 19.0 Å². The Bertz CT molecular complexity index is 537. The first-order valence-corrected chi connectivity index (χ1v) is 6.72. The largest absolute Gasteiger partial charge is 0.327 e. The van der Waals surface area contributed by atoms with Crippen LogP contribution in [-0.2, 0) is 0 Å². The quantitative estimate of drug-likeness (QED) is 0.912. The monoisotopic (exact) mass is 262 g/mol. The number of thiazole rings is 1. The van der Waals surface area contributed by atoms with Gasteiger partial charge in [0, 0.05) is 17.5 Å². The van der Waals surface area contributed by atoms with Crippen molar-refractivity contribution in [3.05, 3.63) is 46.7 Å². The molecule has 0 aliphatic carbocycles. The van der Waals surface area contributed by atoms with Crippen LogP contribution in [0.3, 0.4) is 0 Å². The van der Waals surface area contributed by atoms with Gasteiger partial charge in [0.05, 0.1) is 5.69 Å². The number of benzene rings is 1. The van der Waals surface area contributed by atoms with E-state index in [4.69, 9.17) is 5.73 Å². The van der Waals surface area contributed by atoms with Gasteiger partial charge in [-0.3, -0.25) is 0 Å². The number of aromatic nitrogens is 1. The number of halogens is 1. The van der Waals surface area contributed by atoms with Crippen molar-refractivity contribution in [2.24, 2.45) is 5.73 Å². The molecule has 0 amide bonds. The van der Waals surface area contributed by atoms with Crippen LogP contribution in [0.5, 0.6) is 0 Å². The van der Waals surface area contributed by atoms with Gasteiger partial charge in [-0.15, -0.1) is 11.3 Å². The summed E-state index contributed by atoms with van der Waals surface area (Å²) in [7, 11) is 0. The van der Waals surface area contributed by atoms with Crippen LogP contribution in [0.4, 0.5) is 4.39 Å². The van der Waals surface area contributed by atoms with E-state index in [1.54, 1.807) is 23.5 Å². The van der Waals surface area contributed by atoms with Gasteiger partial charge >= 0.3 is 0 Å². The summed E-state index contributed by atoms with van der Waals surface area (Å²) in [6.07, 6.45) is 2.95. The van der Waals surface area contributed by atoms with Gasteiger partial charge in [0.1, 0.15) is 10.8 Å². The van der Waals surface area contributed by atoms with Crippen molar-refractivity contribution < 1.29 is 4.39 Å². The maximum atomic E-state index is 12.8. The summed E-state index contributed by atoms with van der Waals surface area (Å²) in [5.74, 6) is -0.230. The van der Waals surface area contributed by atoms with Crippen LogP contribution in [-0.4, -0.2) is 11.5 Å². The molecule has 2 nitrogen and oxygen atoms in total. The van der Waals surface area contributed by atoms with Gasteiger partial charge in [-0.1, -0.05) is 12.5 Å². The lowest BCUT2D eigenvalue weighted by molar-refractivity contribution is 0.628. The molecule has 4 heteroatoms. The summed E-state index contributed by atoms with van der Waals surface area (Å²) >= 11 is 1.55. The SMILES string of the molecule is CCC(=Cc1csc(-c2ccc(F)cc2)n1)CN. The molecule has 0 saturated carbocycles. The highest BCUT2D eigenvalue weighted by Gasteiger charge is 2.04. The molecule has 18 heavy (non-hydrogen) atoms. The molecule has 2 rings (SSSR count). The second kappa shape index (κ2) is 5.89. The van der Waals surface area contributed by atoms with E-state index in [-0.39, 0.29) is 5.82 Å². The fourth-order valence-corrected chi connectivity index (χ4v) is 2.38. The summed E-state index contributed by atoms with van der Waals surface area (Å²) in [4.78, 5) is 4.51. The average Bonchev–Trinajstić information content (AvgIpc) is 2.85. The van der Waals surface area contributed by atoms with Crippen LogP contribution in [0.15, 0.2) is 35.2 Å². The van der Waals surface area contributed by atoms with Crippen LogP contribution in [0.25, 0.3) is 16.6 Å². The smallest absolute Gasteiger partial charge is 0.124 e. The maximum absolute atomic E-state index is 12.8. The Morgan fingerprint density at radius 2 is 2.11 bits per heavy atom. The molecule has 0 bridgehead atoms. The lowest BCUT2D eigenvalue weighted by Crippen LogP contribution is -2.01. The minimum absolute atomic E-state index is 0.230. The number of rotatable bonds is 4. The second-order valence-electron chi connectivity index (χ2n) is 3.94. The predicted molar refractivity (Wildman–Crippen MR) is 74.8 cm³/mol. The van der Waals surface area contributed by atoms with E-state index >= 15 is 0 Å². The zero-order valence-corrected chi connectivity index (χ0v) is 11.0. The number of hydrogen-bond acceptors (Lipinski definition) is 3. The molecule has 94 valence electrons. The summed E-state index contributed by atoms with van der Waals surface area (Å²) in [6, 6.07) is 6.38. The standard InChI is InChI=1S/C14H15FN2S/c1-2-10(8-16)7-13-9-18-14(17-13)11-3-5-12(15)6-4-11/h3-7,9H,2,8,16H2,1H3. The molecular formula is C14H15FN2S. The van der Waals surface area contributed by atoms with Gasteiger partial charge in [0.2, 0.25) is 0 Å². The van der Waals surface area contributed by atoms with Crippen molar-refractivity contribution in [2.75, 3.05) is 6.54 Å². The lowest BCUT2D eigenvalue weighted by Gasteiger charge is -1.97. The molecule has 0 spiro atoms. The molecule has 0 unspecified atom stereocenters. The Kier molecular flexibility index (Phi) is 4.23. The molecule has 2 aromatic rings. The molecule has 0 atom stereocenters. The van der Waals surface area contributed by atoms with E-state index in [0.29, 0.717) is 6.54 Å². The van der Waals surface area contributed by atoms with E-state index in [2.05, 4.69) is 11.9 Å². The number of hydrogen-bond donors (Lipinski definition) is 1. The lowest BCUT2D eigenvalue weighted by atomic mass is 10.2. The van der Waals surface area contributed by atoms with E-state index in [1.807, 2.05) is 11.5 Å². The Balaban J connectivity index is 2.25. The van der Waals surface area contributed by atoms with E-state index < -0.39 is 0 Å². The van der Waals surface area contributed by atoms with Crippen molar-refractivity contribution in [3.63, 3.8) is 0 Å². The molecule has 0 aliphatic rings. The fraction of sp³-hybridized carbons (Fsp3) is 0.214. The first-order valence-electron chi connectivity index (χ1n) is 5.84. The molecular weight excluding hydrogens is 247 g/mol. The van der Waals surface area contributed by atoms with Gasteiger partial charge in [-0.2, -0.15) is 0 Å².